The summed E-state index contributed by atoms with van der Waals surface area (Å²) in [6.07, 6.45) is 6.65. The SMILES string of the molecule is COCC#C[C@]12CCCCC[C@H]1O2. The highest BCUT2D eigenvalue weighted by molar-refractivity contribution is 5.26. The van der Waals surface area contributed by atoms with Crippen LogP contribution in [0.1, 0.15) is 32.1 Å². The molecule has 1 aliphatic carbocycles. The molecule has 0 aromatic carbocycles. The van der Waals surface area contributed by atoms with Crippen molar-refractivity contribution in [3.8, 4) is 11.8 Å². The Balaban J connectivity index is 1.94. The number of hydrogen-bond donors (Lipinski definition) is 0. The number of methoxy groups -OCH3 is 1. The number of ether oxygens (including phenoxy) is 2. The summed E-state index contributed by atoms with van der Waals surface area (Å²) in [5.41, 5.74) is -0.0605. The summed E-state index contributed by atoms with van der Waals surface area (Å²) < 4.78 is 10.6. The molecule has 0 unspecified atom stereocenters. The summed E-state index contributed by atoms with van der Waals surface area (Å²) >= 11 is 0. The fourth-order valence-electron chi connectivity index (χ4n) is 2.06. The minimum atomic E-state index is -0.0605. The lowest BCUT2D eigenvalue weighted by molar-refractivity contribution is 0.239. The van der Waals surface area contributed by atoms with Gasteiger partial charge in [-0.2, -0.15) is 0 Å². The fourth-order valence-corrected chi connectivity index (χ4v) is 2.06. The molecule has 0 aromatic rings. The van der Waals surface area contributed by atoms with Crippen molar-refractivity contribution in [2.75, 3.05) is 13.7 Å². The first-order chi connectivity index (χ1) is 6.37. The topological polar surface area (TPSA) is 21.8 Å². The van der Waals surface area contributed by atoms with Crippen molar-refractivity contribution >= 4 is 0 Å². The Labute approximate surface area is 79.6 Å². The molecule has 2 aliphatic rings. The molecule has 0 bridgehead atoms. The molecule has 0 spiro atoms. The van der Waals surface area contributed by atoms with E-state index in [-0.39, 0.29) is 5.60 Å². The van der Waals surface area contributed by atoms with E-state index >= 15 is 0 Å². The molecule has 0 radical (unpaired) electrons. The molecule has 0 aromatic heterocycles. The van der Waals surface area contributed by atoms with Crippen molar-refractivity contribution in [1.82, 2.24) is 0 Å². The smallest absolute Gasteiger partial charge is 0.155 e. The van der Waals surface area contributed by atoms with Crippen LogP contribution in [0.2, 0.25) is 0 Å². The largest absolute Gasteiger partial charge is 0.372 e. The van der Waals surface area contributed by atoms with Crippen molar-refractivity contribution in [1.29, 1.82) is 0 Å². The van der Waals surface area contributed by atoms with Crippen LogP contribution in [0.5, 0.6) is 0 Å². The molecule has 1 saturated carbocycles. The van der Waals surface area contributed by atoms with Gasteiger partial charge in [-0.1, -0.05) is 24.7 Å². The van der Waals surface area contributed by atoms with Crippen LogP contribution in [0.25, 0.3) is 0 Å². The minimum absolute atomic E-state index is 0.0605. The van der Waals surface area contributed by atoms with Crippen molar-refractivity contribution in [2.24, 2.45) is 0 Å². The maximum Gasteiger partial charge on any atom is 0.155 e. The van der Waals surface area contributed by atoms with E-state index in [1.54, 1.807) is 7.11 Å². The lowest BCUT2D eigenvalue weighted by Gasteiger charge is -2.00. The van der Waals surface area contributed by atoms with Gasteiger partial charge in [0.05, 0.1) is 6.10 Å². The summed E-state index contributed by atoms with van der Waals surface area (Å²) in [7, 11) is 1.67. The summed E-state index contributed by atoms with van der Waals surface area (Å²) in [6.45, 7) is 0.526. The third kappa shape index (κ3) is 1.87. The second kappa shape index (κ2) is 3.69. The average Bonchev–Trinajstić information content (AvgIpc) is 2.79. The van der Waals surface area contributed by atoms with Gasteiger partial charge in [-0.05, 0) is 19.3 Å². The Bertz CT molecular complexity index is 238. The summed E-state index contributed by atoms with van der Waals surface area (Å²) in [6, 6.07) is 0. The number of epoxide rings is 1. The Hall–Kier alpha value is -0.520. The molecule has 2 atom stereocenters. The second-order valence-corrected chi connectivity index (χ2v) is 3.83. The first-order valence-electron chi connectivity index (χ1n) is 5.04. The quantitative estimate of drug-likeness (QED) is 0.453. The molecule has 13 heavy (non-hydrogen) atoms. The molecule has 72 valence electrons. The van der Waals surface area contributed by atoms with Gasteiger partial charge >= 0.3 is 0 Å². The van der Waals surface area contributed by atoms with E-state index in [0.29, 0.717) is 12.7 Å². The zero-order valence-corrected chi connectivity index (χ0v) is 8.14. The predicted molar refractivity (Wildman–Crippen MR) is 50.3 cm³/mol. The van der Waals surface area contributed by atoms with Gasteiger partial charge in [-0.25, -0.2) is 0 Å². The lowest BCUT2D eigenvalue weighted by atomic mass is 10.0. The second-order valence-electron chi connectivity index (χ2n) is 3.83. The van der Waals surface area contributed by atoms with Crippen LogP contribution in [0.4, 0.5) is 0 Å². The summed E-state index contributed by atoms with van der Waals surface area (Å²) in [4.78, 5) is 0. The highest BCUT2D eigenvalue weighted by Gasteiger charge is 2.55. The van der Waals surface area contributed by atoms with Crippen LogP contribution >= 0.6 is 0 Å². The van der Waals surface area contributed by atoms with E-state index in [2.05, 4.69) is 11.8 Å². The van der Waals surface area contributed by atoms with Crippen molar-refractivity contribution in [3.05, 3.63) is 0 Å². The maximum absolute atomic E-state index is 5.66. The normalized spacial score (nSPS) is 36.8. The van der Waals surface area contributed by atoms with Gasteiger partial charge in [-0.15, -0.1) is 0 Å². The first-order valence-corrected chi connectivity index (χ1v) is 5.04. The van der Waals surface area contributed by atoms with Crippen LogP contribution in [0.15, 0.2) is 0 Å². The molecule has 2 rings (SSSR count). The third-order valence-electron chi connectivity index (χ3n) is 2.85. The molecular formula is C11H16O2. The monoisotopic (exact) mass is 180 g/mol. The van der Waals surface area contributed by atoms with Gasteiger partial charge < -0.3 is 9.47 Å². The molecule has 2 nitrogen and oxygen atoms in total. The van der Waals surface area contributed by atoms with E-state index in [1.807, 2.05) is 0 Å². The molecule has 0 N–H and O–H groups in total. The van der Waals surface area contributed by atoms with Gasteiger partial charge in [0.15, 0.2) is 5.60 Å². The van der Waals surface area contributed by atoms with E-state index in [9.17, 15) is 0 Å². The summed E-state index contributed by atoms with van der Waals surface area (Å²) in [5.74, 6) is 6.23. The Morgan fingerprint density at radius 3 is 3.23 bits per heavy atom. The first kappa shape index (κ1) is 9.05. The molecule has 2 fully saturated rings. The van der Waals surface area contributed by atoms with E-state index in [4.69, 9.17) is 9.47 Å². The van der Waals surface area contributed by atoms with Crippen LogP contribution < -0.4 is 0 Å². The average molecular weight is 180 g/mol. The standard InChI is InChI=1S/C11H16O2/c1-12-9-5-8-11-7-4-2-3-6-10(11)13-11/h10H,2-4,6-7,9H2,1H3/t10-,11-/m1/s1. The molecule has 1 aliphatic heterocycles. The van der Waals surface area contributed by atoms with Crippen LogP contribution in [0, 0.1) is 11.8 Å². The fraction of sp³-hybridized carbons (Fsp3) is 0.818. The van der Waals surface area contributed by atoms with Crippen LogP contribution in [-0.4, -0.2) is 25.4 Å². The third-order valence-corrected chi connectivity index (χ3v) is 2.85. The molecule has 2 heteroatoms. The molecule has 1 saturated heterocycles. The Morgan fingerprint density at radius 1 is 1.46 bits per heavy atom. The van der Waals surface area contributed by atoms with Crippen molar-refractivity contribution in [3.63, 3.8) is 0 Å². The molecular weight excluding hydrogens is 164 g/mol. The van der Waals surface area contributed by atoms with E-state index in [1.165, 1.54) is 25.7 Å². The zero-order valence-electron chi connectivity index (χ0n) is 8.14. The Kier molecular flexibility index (Phi) is 2.57. The summed E-state index contributed by atoms with van der Waals surface area (Å²) in [5, 5.41) is 0. The van der Waals surface area contributed by atoms with Crippen molar-refractivity contribution < 1.29 is 9.47 Å². The van der Waals surface area contributed by atoms with E-state index in [0.717, 1.165) is 6.42 Å². The molecule has 1 heterocycles. The van der Waals surface area contributed by atoms with Gasteiger partial charge in [-0.3, -0.25) is 0 Å². The highest BCUT2D eigenvalue weighted by atomic mass is 16.6. The predicted octanol–water partition coefficient (Wildman–Crippen LogP) is 1.74. The van der Waals surface area contributed by atoms with Gasteiger partial charge in [0.25, 0.3) is 0 Å². The number of hydrogen-bond acceptors (Lipinski definition) is 2. The molecule has 0 amide bonds. The van der Waals surface area contributed by atoms with Gasteiger partial charge in [0.1, 0.15) is 6.61 Å². The van der Waals surface area contributed by atoms with Gasteiger partial charge in [0.2, 0.25) is 0 Å². The zero-order chi connectivity index (χ0) is 9.15. The minimum Gasteiger partial charge on any atom is -0.372 e. The van der Waals surface area contributed by atoms with Crippen LogP contribution in [-0.2, 0) is 9.47 Å². The van der Waals surface area contributed by atoms with Crippen molar-refractivity contribution in [2.45, 2.75) is 43.8 Å². The highest BCUT2D eigenvalue weighted by Crippen LogP contribution is 2.45. The lowest BCUT2D eigenvalue weighted by Crippen LogP contribution is -2.10. The van der Waals surface area contributed by atoms with E-state index < -0.39 is 0 Å². The van der Waals surface area contributed by atoms with Gasteiger partial charge in [0, 0.05) is 7.11 Å². The number of fused-ring (bicyclic) bond motifs is 1. The Morgan fingerprint density at radius 2 is 2.38 bits per heavy atom. The van der Waals surface area contributed by atoms with Crippen LogP contribution in [0.3, 0.4) is 0 Å². The number of rotatable bonds is 1. The maximum atomic E-state index is 5.66.